The average Bonchev–Trinajstić information content (AvgIpc) is 2.87. The number of hydrogen-bond donors (Lipinski definition) is 1. The van der Waals surface area contributed by atoms with Gasteiger partial charge in [-0.25, -0.2) is 0 Å². The maximum Gasteiger partial charge on any atom is 0.230 e. The second kappa shape index (κ2) is 5.21. The van der Waals surface area contributed by atoms with E-state index in [1.54, 1.807) is 0 Å². The predicted octanol–water partition coefficient (Wildman–Crippen LogP) is 1.76. The van der Waals surface area contributed by atoms with Gasteiger partial charge in [-0.3, -0.25) is 4.90 Å². The van der Waals surface area contributed by atoms with Crippen LogP contribution in [0.3, 0.4) is 0 Å². The monoisotopic (exact) mass is 265 g/mol. The highest BCUT2D eigenvalue weighted by molar-refractivity contribution is 4.96. The fraction of sp³-hybridized carbons (Fsp3) is 0.857. The van der Waals surface area contributed by atoms with E-state index in [4.69, 9.17) is 4.42 Å². The summed E-state index contributed by atoms with van der Waals surface area (Å²) in [5.41, 5.74) is -0.405. The third-order valence-corrected chi connectivity index (χ3v) is 4.68. The van der Waals surface area contributed by atoms with E-state index in [1.165, 1.54) is 12.8 Å². The molecule has 5 nitrogen and oxygen atoms in total. The Morgan fingerprint density at radius 3 is 2.95 bits per heavy atom. The van der Waals surface area contributed by atoms with Crippen molar-refractivity contribution in [3.05, 3.63) is 11.8 Å². The molecule has 0 bridgehead atoms. The summed E-state index contributed by atoms with van der Waals surface area (Å²) in [4.78, 5) is 2.34. The number of likely N-dealkylation sites (tertiary alicyclic amines) is 1. The summed E-state index contributed by atoms with van der Waals surface area (Å²) >= 11 is 0. The Hall–Kier alpha value is -0.940. The minimum Gasteiger partial charge on any atom is -0.424 e. The van der Waals surface area contributed by atoms with E-state index in [1.807, 2.05) is 6.92 Å². The van der Waals surface area contributed by atoms with Crippen LogP contribution in [0.4, 0.5) is 0 Å². The Labute approximate surface area is 114 Å². The molecule has 0 aromatic carbocycles. The first kappa shape index (κ1) is 13.1. The number of aryl methyl sites for hydroxylation is 1. The second-order valence-corrected chi connectivity index (χ2v) is 5.97. The molecular formula is C14H23N3O2. The van der Waals surface area contributed by atoms with Gasteiger partial charge in [0.15, 0.2) is 0 Å². The molecule has 1 saturated heterocycles. The van der Waals surface area contributed by atoms with Crippen LogP contribution in [0.15, 0.2) is 4.42 Å². The zero-order valence-electron chi connectivity index (χ0n) is 11.6. The zero-order chi connectivity index (χ0) is 13.3. The molecule has 1 N–H and O–H groups in total. The van der Waals surface area contributed by atoms with Gasteiger partial charge in [0.1, 0.15) is 0 Å². The second-order valence-electron chi connectivity index (χ2n) is 5.97. The third-order valence-electron chi connectivity index (χ3n) is 4.68. The lowest BCUT2D eigenvalue weighted by Crippen LogP contribution is -2.52. The van der Waals surface area contributed by atoms with Crippen molar-refractivity contribution in [2.45, 2.75) is 57.6 Å². The standard InChI is InChI=1S/C14H23N3O2/c1-2-12-15-16-13(19-12)10-17-8-7-14(18)6-4-3-5-11(14)9-17/h11,18H,2-10H2,1H3. The average molecular weight is 265 g/mol. The fourth-order valence-corrected chi connectivity index (χ4v) is 3.47. The fourth-order valence-electron chi connectivity index (χ4n) is 3.47. The minimum absolute atomic E-state index is 0.405. The quantitative estimate of drug-likeness (QED) is 0.902. The number of hydrogen-bond acceptors (Lipinski definition) is 5. The molecule has 3 rings (SSSR count). The van der Waals surface area contributed by atoms with Crippen molar-refractivity contribution in [1.29, 1.82) is 0 Å². The summed E-state index contributed by atoms with van der Waals surface area (Å²) in [7, 11) is 0. The van der Waals surface area contributed by atoms with Gasteiger partial charge < -0.3 is 9.52 Å². The van der Waals surface area contributed by atoms with Crippen LogP contribution in [0, 0.1) is 5.92 Å². The van der Waals surface area contributed by atoms with Crippen LogP contribution in [0.2, 0.25) is 0 Å². The summed E-state index contributed by atoms with van der Waals surface area (Å²) in [5.74, 6) is 1.84. The number of nitrogens with zero attached hydrogens (tertiary/aromatic N) is 3. The first-order valence-corrected chi connectivity index (χ1v) is 7.45. The molecule has 1 aromatic rings. The molecule has 0 radical (unpaired) electrons. The van der Waals surface area contributed by atoms with E-state index < -0.39 is 5.60 Å². The summed E-state index contributed by atoms with van der Waals surface area (Å²) in [6.07, 6.45) is 6.22. The number of piperidine rings is 1. The molecule has 2 unspecified atom stereocenters. The number of rotatable bonds is 3. The minimum atomic E-state index is -0.405. The summed E-state index contributed by atoms with van der Waals surface area (Å²) < 4.78 is 5.57. The molecular weight excluding hydrogens is 242 g/mol. The Morgan fingerprint density at radius 1 is 1.32 bits per heavy atom. The lowest BCUT2D eigenvalue weighted by molar-refractivity contribution is -0.0978. The normalized spacial score (nSPS) is 32.2. The molecule has 5 heteroatoms. The smallest absolute Gasteiger partial charge is 0.230 e. The Morgan fingerprint density at radius 2 is 2.16 bits per heavy atom. The maximum atomic E-state index is 10.6. The third kappa shape index (κ3) is 2.67. The van der Waals surface area contributed by atoms with E-state index in [9.17, 15) is 5.11 Å². The molecule has 19 heavy (non-hydrogen) atoms. The van der Waals surface area contributed by atoms with Gasteiger partial charge in [-0.2, -0.15) is 0 Å². The van der Waals surface area contributed by atoms with Crippen LogP contribution in [0.5, 0.6) is 0 Å². The van der Waals surface area contributed by atoms with Crippen molar-refractivity contribution in [2.24, 2.45) is 5.92 Å². The molecule has 1 saturated carbocycles. The molecule has 1 aliphatic carbocycles. The van der Waals surface area contributed by atoms with Crippen molar-refractivity contribution < 1.29 is 9.52 Å². The van der Waals surface area contributed by atoms with Gasteiger partial charge in [0.25, 0.3) is 0 Å². The zero-order valence-corrected chi connectivity index (χ0v) is 11.6. The molecule has 106 valence electrons. The highest BCUT2D eigenvalue weighted by atomic mass is 16.4. The molecule has 0 amide bonds. The van der Waals surface area contributed by atoms with Crippen LogP contribution >= 0.6 is 0 Å². The van der Waals surface area contributed by atoms with Crippen molar-refractivity contribution >= 4 is 0 Å². The number of aliphatic hydroxyl groups is 1. The number of aromatic nitrogens is 2. The molecule has 2 heterocycles. The maximum absolute atomic E-state index is 10.6. The van der Waals surface area contributed by atoms with Gasteiger partial charge in [-0.05, 0) is 19.3 Å². The SMILES string of the molecule is CCc1nnc(CN2CCC3(O)CCCCC3C2)o1. The Bertz CT molecular complexity index is 434. The van der Waals surface area contributed by atoms with Crippen molar-refractivity contribution in [2.75, 3.05) is 13.1 Å². The van der Waals surface area contributed by atoms with Gasteiger partial charge in [0, 0.05) is 25.4 Å². The molecule has 1 aromatic heterocycles. The Kier molecular flexibility index (Phi) is 3.58. The van der Waals surface area contributed by atoms with Crippen LogP contribution in [-0.4, -0.2) is 38.9 Å². The van der Waals surface area contributed by atoms with Gasteiger partial charge in [-0.1, -0.05) is 19.8 Å². The van der Waals surface area contributed by atoms with Crippen LogP contribution in [0.1, 0.15) is 50.8 Å². The van der Waals surface area contributed by atoms with Crippen LogP contribution in [0.25, 0.3) is 0 Å². The Balaban J connectivity index is 1.61. The summed E-state index contributed by atoms with van der Waals surface area (Å²) in [6.45, 7) is 4.62. The highest BCUT2D eigenvalue weighted by Crippen LogP contribution is 2.39. The molecule has 1 aliphatic heterocycles. The van der Waals surface area contributed by atoms with Gasteiger partial charge >= 0.3 is 0 Å². The lowest BCUT2D eigenvalue weighted by Gasteiger charge is -2.47. The van der Waals surface area contributed by atoms with Crippen LogP contribution < -0.4 is 0 Å². The first-order valence-electron chi connectivity index (χ1n) is 7.45. The van der Waals surface area contributed by atoms with E-state index in [0.717, 1.165) is 45.3 Å². The van der Waals surface area contributed by atoms with E-state index >= 15 is 0 Å². The van der Waals surface area contributed by atoms with E-state index in [-0.39, 0.29) is 0 Å². The molecule has 2 atom stereocenters. The molecule has 0 spiro atoms. The lowest BCUT2D eigenvalue weighted by atomic mass is 9.71. The van der Waals surface area contributed by atoms with E-state index in [0.29, 0.717) is 17.7 Å². The van der Waals surface area contributed by atoms with Gasteiger partial charge in [-0.15, -0.1) is 10.2 Å². The summed E-state index contributed by atoms with van der Waals surface area (Å²) in [6, 6.07) is 0. The van der Waals surface area contributed by atoms with Crippen molar-refractivity contribution in [3.8, 4) is 0 Å². The van der Waals surface area contributed by atoms with Gasteiger partial charge in [0.05, 0.1) is 12.1 Å². The molecule has 2 aliphatic rings. The number of fused-ring (bicyclic) bond motifs is 1. The summed E-state index contributed by atoms with van der Waals surface area (Å²) in [5, 5.41) is 18.7. The van der Waals surface area contributed by atoms with Gasteiger partial charge in [0.2, 0.25) is 11.8 Å². The molecule has 2 fully saturated rings. The largest absolute Gasteiger partial charge is 0.424 e. The van der Waals surface area contributed by atoms with Crippen molar-refractivity contribution in [1.82, 2.24) is 15.1 Å². The predicted molar refractivity (Wildman–Crippen MR) is 70.5 cm³/mol. The van der Waals surface area contributed by atoms with Crippen molar-refractivity contribution in [3.63, 3.8) is 0 Å². The first-order chi connectivity index (χ1) is 9.19. The van der Waals surface area contributed by atoms with E-state index in [2.05, 4.69) is 15.1 Å². The van der Waals surface area contributed by atoms with Crippen LogP contribution in [-0.2, 0) is 13.0 Å². The topological polar surface area (TPSA) is 62.4 Å². The highest BCUT2D eigenvalue weighted by Gasteiger charge is 2.42.